The number of hydrogen-bond donors (Lipinski definition) is 0. The monoisotopic (exact) mass is 487 g/mol. The van der Waals surface area contributed by atoms with Crippen LogP contribution in [0.3, 0.4) is 0 Å². The number of methoxy groups -OCH3 is 1. The summed E-state index contributed by atoms with van der Waals surface area (Å²) < 4.78 is 7.33. The first kappa shape index (κ1) is 23.2. The van der Waals surface area contributed by atoms with Gasteiger partial charge in [-0.2, -0.15) is 0 Å². The number of thiophene rings is 1. The zero-order chi connectivity index (χ0) is 24.5. The Morgan fingerprint density at radius 1 is 1.03 bits per heavy atom. The van der Waals surface area contributed by atoms with Gasteiger partial charge in [0, 0.05) is 43.2 Å². The summed E-state index contributed by atoms with van der Waals surface area (Å²) in [7, 11) is 1.61. The van der Waals surface area contributed by atoms with Gasteiger partial charge in [-0.15, -0.1) is 11.3 Å². The van der Waals surface area contributed by atoms with Gasteiger partial charge in [-0.3, -0.25) is 9.59 Å². The van der Waals surface area contributed by atoms with Gasteiger partial charge < -0.3 is 19.1 Å². The van der Waals surface area contributed by atoms with Crippen LogP contribution in [0.5, 0.6) is 5.75 Å². The molecule has 0 spiro atoms. The molecule has 6 nitrogen and oxygen atoms in total. The number of aromatic nitrogens is 1. The molecule has 7 heteroatoms. The van der Waals surface area contributed by atoms with Gasteiger partial charge >= 0.3 is 0 Å². The van der Waals surface area contributed by atoms with Gasteiger partial charge in [0.05, 0.1) is 7.11 Å². The van der Waals surface area contributed by atoms with Crippen LogP contribution in [0.2, 0.25) is 0 Å². The lowest BCUT2D eigenvalue weighted by molar-refractivity contribution is 0.0409. The van der Waals surface area contributed by atoms with Crippen molar-refractivity contribution in [2.75, 3.05) is 26.7 Å². The van der Waals surface area contributed by atoms with Crippen molar-refractivity contribution in [1.82, 2.24) is 14.4 Å². The van der Waals surface area contributed by atoms with Crippen molar-refractivity contribution < 1.29 is 14.3 Å². The van der Waals surface area contributed by atoms with Crippen molar-refractivity contribution in [1.29, 1.82) is 0 Å². The van der Waals surface area contributed by atoms with E-state index < -0.39 is 0 Å². The lowest BCUT2D eigenvalue weighted by Crippen LogP contribution is -2.55. The van der Waals surface area contributed by atoms with E-state index in [2.05, 4.69) is 47.2 Å². The fraction of sp³-hybridized carbons (Fsp3) is 0.286. The molecule has 0 aliphatic carbocycles. The molecule has 0 saturated carbocycles. The summed E-state index contributed by atoms with van der Waals surface area (Å²) >= 11 is 1.66. The number of benzene rings is 2. The molecule has 1 saturated heterocycles. The first-order chi connectivity index (χ1) is 16.9. The minimum Gasteiger partial charge on any atom is -0.497 e. The van der Waals surface area contributed by atoms with Gasteiger partial charge in [-0.1, -0.05) is 29.8 Å². The topological polar surface area (TPSA) is 54.8 Å². The predicted octanol–water partition coefficient (Wildman–Crippen LogP) is 5.05. The largest absolute Gasteiger partial charge is 0.497 e. The molecule has 2 aromatic heterocycles. The summed E-state index contributed by atoms with van der Waals surface area (Å²) in [6.45, 7) is 6.26. The normalized spacial score (nSPS) is 16.0. The highest BCUT2D eigenvalue weighted by Gasteiger charge is 2.32. The van der Waals surface area contributed by atoms with E-state index in [0.29, 0.717) is 37.4 Å². The van der Waals surface area contributed by atoms with E-state index in [1.807, 2.05) is 22.8 Å². The van der Waals surface area contributed by atoms with Gasteiger partial charge in [-0.05, 0) is 61.2 Å². The summed E-state index contributed by atoms with van der Waals surface area (Å²) in [6.07, 6.45) is 0. The Labute approximate surface area is 209 Å². The predicted molar refractivity (Wildman–Crippen MR) is 139 cm³/mol. The molecular weight excluding hydrogens is 458 g/mol. The Kier molecular flexibility index (Phi) is 6.34. The molecule has 5 rings (SSSR count). The van der Waals surface area contributed by atoms with Gasteiger partial charge in [0.1, 0.15) is 16.3 Å². The summed E-state index contributed by atoms with van der Waals surface area (Å²) in [5, 5.41) is 3.16. The van der Waals surface area contributed by atoms with Crippen molar-refractivity contribution in [2.45, 2.75) is 26.4 Å². The molecule has 3 heterocycles. The molecular formula is C28H29N3O3S. The second-order valence-electron chi connectivity index (χ2n) is 9.11. The van der Waals surface area contributed by atoms with Crippen LogP contribution in [0.25, 0.3) is 10.2 Å². The van der Waals surface area contributed by atoms with Crippen LogP contribution in [-0.4, -0.2) is 59.0 Å². The van der Waals surface area contributed by atoms with Crippen LogP contribution >= 0.6 is 11.3 Å². The van der Waals surface area contributed by atoms with Crippen molar-refractivity contribution in [3.8, 4) is 5.75 Å². The molecule has 1 aliphatic rings. The number of fused-ring (bicyclic) bond motifs is 1. The first-order valence-electron chi connectivity index (χ1n) is 11.8. The van der Waals surface area contributed by atoms with Crippen molar-refractivity contribution in [2.24, 2.45) is 0 Å². The maximum Gasteiger partial charge on any atom is 0.270 e. The third kappa shape index (κ3) is 4.56. The Balaban J connectivity index is 1.34. The van der Waals surface area contributed by atoms with E-state index in [1.54, 1.807) is 42.7 Å². The van der Waals surface area contributed by atoms with E-state index in [4.69, 9.17) is 4.74 Å². The number of carbonyl (C=O) groups is 2. The molecule has 35 heavy (non-hydrogen) atoms. The molecule has 1 atom stereocenters. The highest BCUT2D eigenvalue weighted by atomic mass is 32.1. The summed E-state index contributed by atoms with van der Waals surface area (Å²) in [5.41, 5.74) is 3.71. The Bertz CT molecular complexity index is 1370. The maximum atomic E-state index is 13.7. The van der Waals surface area contributed by atoms with Gasteiger partial charge in [0.2, 0.25) is 0 Å². The van der Waals surface area contributed by atoms with Crippen molar-refractivity contribution >= 4 is 33.4 Å². The highest BCUT2D eigenvalue weighted by molar-refractivity contribution is 7.16. The lowest BCUT2D eigenvalue weighted by Gasteiger charge is -2.40. The van der Waals surface area contributed by atoms with Crippen LogP contribution in [-0.2, 0) is 6.54 Å². The smallest absolute Gasteiger partial charge is 0.270 e. The number of amides is 2. The number of piperazine rings is 1. The van der Waals surface area contributed by atoms with Gasteiger partial charge in [0.25, 0.3) is 11.8 Å². The minimum absolute atomic E-state index is 0.0180. The number of aryl methyl sites for hydroxylation is 1. The second-order valence-corrected chi connectivity index (χ2v) is 10.0. The first-order valence-corrected chi connectivity index (χ1v) is 12.7. The highest BCUT2D eigenvalue weighted by Crippen LogP contribution is 2.28. The third-order valence-electron chi connectivity index (χ3n) is 6.66. The molecule has 2 amide bonds. The van der Waals surface area contributed by atoms with E-state index in [1.165, 1.54) is 11.1 Å². The number of rotatable bonds is 5. The van der Waals surface area contributed by atoms with E-state index in [9.17, 15) is 9.59 Å². The molecule has 180 valence electrons. The average Bonchev–Trinajstić information content (AvgIpc) is 3.46. The molecule has 1 fully saturated rings. The van der Waals surface area contributed by atoms with Crippen LogP contribution in [0.4, 0.5) is 0 Å². The fourth-order valence-corrected chi connectivity index (χ4v) is 5.70. The Morgan fingerprint density at radius 2 is 1.83 bits per heavy atom. The van der Waals surface area contributed by atoms with E-state index >= 15 is 0 Å². The fourth-order valence-electron chi connectivity index (χ4n) is 4.81. The third-order valence-corrected chi connectivity index (χ3v) is 7.61. The Morgan fingerprint density at radius 3 is 2.54 bits per heavy atom. The zero-order valence-electron chi connectivity index (χ0n) is 20.2. The quantitative estimate of drug-likeness (QED) is 0.396. The molecule has 0 unspecified atom stereocenters. The molecule has 0 radical (unpaired) electrons. The molecule has 0 bridgehead atoms. The van der Waals surface area contributed by atoms with Crippen LogP contribution in [0.1, 0.15) is 38.9 Å². The molecule has 2 aromatic carbocycles. The lowest BCUT2D eigenvalue weighted by atomic mass is 10.1. The number of carbonyl (C=O) groups excluding carboxylic acids is 2. The van der Waals surface area contributed by atoms with Crippen LogP contribution in [0, 0.1) is 6.92 Å². The molecule has 0 N–H and O–H groups in total. The van der Waals surface area contributed by atoms with E-state index in [0.717, 1.165) is 16.0 Å². The van der Waals surface area contributed by atoms with Crippen molar-refractivity contribution in [3.05, 3.63) is 88.4 Å². The number of ether oxygens (including phenoxy) is 1. The van der Waals surface area contributed by atoms with Crippen molar-refractivity contribution in [3.63, 3.8) is 0 Å². The maximum absolute atomic E-state index is 13.7. The second kappa shape index (κ2) is 9.58. The summed E-state index contributed by atoms with van der Waals surface area (Å²) in [6, 6.07) is 19.6. The zero-order valence-corrected chi connectivity index (χ0v) is 21.0. The van der Waals surface area contributed by atoms with Gasteiger partial charge in [0.15, 0.2) is 0 Å². The molecule has 4 aromatic rings. The van der Waals surface area contributed by atoms with Gasteiger partial charge in [-0.25, -0.2) is 0 Å². The molecule has 1 aliphatic heterocycles. The van der Waals surface area contributed by atoms with Crippen LogP contribution < -0.4 is 4.74 Å². The minimum atomic E-state index is -0.0800. The number of nitrogens with zero attached hydrogens (tertiary/aromatic N) is 3. The summed E-state index contributed by atoms with van der Waals surface area (Å²) in [5.74, 6) is 0.721. The standard InChI is InChI=1S/C28H29N3O3S/c1-19-5-4-6-21(15-19)18-31-25(16-23-11-14-35-28(23)31)27(33)29-12-13-30(20(2)17-29)26(32)22-7-9-24(34-3)10-8-22/h4-11,14-16,20H,12-13,17-18H2,1-3H3/t20-/m1/s1. The summed E-state index contributed by atoms with van der Waals surface area (Å²) in [4.78, 5) is 31.7. The van der Waals surface area contributed by atoms with E-state index in [-0.39, 0.29) is 17.9 Å². The average molecular weight is 488 g/mol. The SMILES string of the molecule is COc1ccc(C(=O)N2CCN(C(=O)c3cc4ccsc4n3Cc3cccc(C)c3)C[C@H]2C)cc1. The number of hydrogen-bond acceptors (Lipinski definition) is 4. The van der Waals surface area contributed by atoms with Crippen LogP contribution in [0.15, 0.2) is 66.0 Å². The Hall–Kier alpha value is -3.58.